The SMILES string of the molecule is CC1NC2(CCNCC2)C(=O)N(C)c2ccc(Cl)cc21. The number of amides is 1. The van der Waals surface area contributed by atoms with Crippen molar-refractivity contribution in [1.82, 2.24) is 10.6 Å². The maximum atomic E-state index is 12.9. The Labute approximate surface area is 124 Å². The number of nitrogens with one attached hydrogen (secondary N) is 2. The average Bonchev–Trinajstić information content (AvgIpc) is 2.52. The summed E-state index contributed by atoms with van der Waals surface area (Å²) in [5, 5.41) is 7.60. The van der Waals surface area contributed by atoms with Crippen LogP contribution in [-0.4, -0.2) is 31.6 Å². The summed E-state index contributed by atoms with van der Waals surface area (Å²) in [5.74, 6) is 0.159. The van der Waals surface area contributed by atoms with Gasteiger partial charge in [0.25, 0.3) is 0 Å². The lowest BCUT2D eigenvalue weighted by atomic mass is 9.86. The summed E-state index contributed by atoms with van der Waals surface area (Å²) in [7, 11) is 1.86. The van der Waals surface area contributed by atoms with Crippen LogP contribution in [0.25, 0.3) is 0 Å². The van der Waals surface area contributed by atoms with E-state index in [0.717, 1.165) is 37.2 Å². The second-order valence-corrected chi connectivity index (χ2v) is 6.20. The number of halogens is 1. The number of likely N-dealkylation sites (N-methyl/N-ethyl adjacent to an activating group) is 1. The Bertz CT molecular complexity index is 540. The molecule has 1 unspecified atom stereocenters. The van der Waals surface area contributed by atoms with Crippen LogP contribution < -0.4 is 15.5 Å². The van der Waals surface area contributed by atoms with Gasteiger partial charge in [0.1, 0.15) is 5.54 Å². The Morgan fingerprint density at radius 1 is 1.35 bits per heavy atom. The second kappa shape index (κ2) is 5.02. The summed E-state index contributed by atoms with van der Waals surface area (Å²) < 4.78 is 0. The summed E-state index contributed by atoms with van der Waals surface area (Å²) in [5.41, 5.74) is 1.59. The zero-order valence-electron chi connectivity index (χ0n) is 11.9. The number of anilines is 1. The molecular formula is C15H20ClN3O. The Morgan fingerprint density at radius 2 is 2.05 bits per heavy atom. The zero-order valence-corrected chi connectivity index (χ0v) is 12.6. The van der Waals surface area contributed by atoms with E-state index in [0.29, 0.717) is 5.02 Å². The highest BCUT2D eigenvalue weighted by Gasteiger charge is 2.45. The molecule has 2 aliphatic heterocycles. The number of fused-ring (bicyclic) bond motifs is 1. The van der Waals surface area contributed by atoms with Crippen LogP contribution in [0.3, 0.4) is 0 Å². The highest BCUT2D eigenvalue weighted by molar-refractivity contribution is 6.30. The minimum absolute atomic E-state index is 0.107. The molecule has 1 aromatic carbocycles. The average molecular weight is 294 g/mol. The first kappa shape index (κ1) is 13.9. The molecule has 0 aliphatic carbocycles. The summed E-state index contributed by atoms with van der Waals surface area (Å²) in [6.07, 6.45) is 1.64. The fraction of sp³-hybridized carbons (Fsp3) is 0.533. The summed E-state index contributed by atoms with van der Waals surface area (Å²) >= 11 is 6.12. The molecule has 2 N–H and O–H groups in total. The molecule has 3 rings (SSSR count). The van der Waals surface area contributed by atoms with Crippen molar-refractivity contribution < 1.29 is 4.79 Å². The minimum atomic E-state index is -0.453. The molecule has 1 atom stereocenters. The zero-order chi connectivity index (χ0) is 14.3. The third-order valence-electron chi connectivity index (χ3n) is 4.48. The van der Waals surface area contributed by atoms with Gasteiger partial charge in [-0.2, -0.15) is 0 Å². The third kappa shape index (κ3) is 2.12. The molecule has 1 saturated heterocycles. The third-order valence-corrected chi connectivity index (χ3v) is 4.72. The van der Waals surface area contributed by atoms with Crippen molar-refractivity contribution in [2.45, 2.75) is 31.3 Å². The maximum absolute atomic E-state index is 12.9. The topological polar surface area (TPSA) is 44.4 Å². The van der Waals surface area contributed by atoms with E-state index in [-0.39, 0.29) is 11.9 Å². The molecule has 1 aromatic rings. The van der Waals surface area contributed by atoms with Crippen LogP contribution in [0.15, 0.2) is 18.2 Å². The first-order chi connectivity index (χ1) is 9.53. The molecular weight excluding hydrogens is 274 g/mol. The van der Waals surface area contributed by atoms with E-state index in [2.05, 4.69) is 17.6 Å². The number of carbonyl (C=O) groups excluding carboxylic acids is 1. The maximum Gasteiger partial charge on any atom is 0.247 e. The normalized spacial score (nSPS) is 25.4. The van der Waals surface area contributed by atoms with Crippen LogP contribution >= 0.6 is 11.6 Å². The first-order valence-corrected chi connectivity index (χ1v) is 7.47. The van der Waals surface area contributed by atoms with E-state index in [1.807, 2.05) is 25.2 Å². The Hall–Kier alpha value is -1.10. The molecule has 2 aliphatic rings. The first-order valence-electron chi connectivity index (χ1n) is 7.09. The molecule has 1 fully saturated rings. The molecule has 0 bridgehead atoms. The monoisotopic (exact) mass is 293 g/mol. The van der Waals surface area contributed by atoms with Gasteiger partial charge in [0.2, 0.25) is 5.91 Å². The summed E-state index contributed by atoms with van der Waals surface area (Å²) in [6, 6.07) is 5.85. The van der Waals surface area contributed by atoms with Crippen molar-refractivity contribution in [1.29, 1.82) is 0 Å². The number of hydrogen-bond donors (Lipinski definition) is 2. The van der Waals surface area contributed by atoms with Crippen molar-refractivity contribution in [3.05, 3.63) is 28.8 Å². The lowest BCUT2D eigenvalue weighted by Gasteiger charge is -2.38. The lowest BCUT2D eigenvalue weighted by Crippen LogP contribution is -2.60. The van der Waals surface area contributed by atoms with E-state index in [9.17, 15) is 4.79 Å². The molecule has 108 valence electrons. The van der Waals surface area contributed by atoms with Crippen LogP contribution in [0, 0.1) is 0 Å². The van der Waals surface area contributed by atoms with Gasteiger partial charge < -0.3 is 10.2 Å². The van der Waals surface area contributed by atoms with Gasteiger partial charge >= 0.3 is 0 Å². The fourth-order valence-corrected chi connectivity index (χ4v) is 3.55. The van der Waals surface area contributed by atoms with Crippen molar-refractivity contribution in [3.8, 4) is 0 Å². The van der Waals surface area contributed by atoms with Crippen molar-refractivity contribution in [2.75, 3.05) is 25.0 Å². The van der Waals surface area contributed by atoms with Crippen molar-refractivity contribution >= 4 is 23.2 Å². The summed E-state index contributed by atoms with van der Waals surface area (Å²) in [4.78, 5) is 14.7. The van der Waals surface area contributed by atoms with Crippen LogP contribution in [0.1, 0.15) is 31.4 Å². The van der Waals surface area contributed by atoms with Crippen LogP contribution in [-0.2, 0) is 4.79 Å². The Morgan fingerprint density at radius 3 is 2.75 bits per heavy atom. The van der Waals surface area contributed by atoms with Gasteiger partial charge in [0.15, 0.2) is 0 Å². The van der Waals surface area contributed by atoms with E-state index in [1.165, 1.54) is 0 Å². The minimum Gasteiger partial charge on any atom is -0.317 e. The predicted octanol–water partition coefficient (Wildman–Crippen LogP) is 2.09. The van der Waals surface area contributed by atoms with Gasteiger partial charge in [-0.3, -0.25) is 10.1 Å². The van der Waals surface area contributed by atoms with E-state index < -0.39 is 5.54 Å². The molecule has 1 spiro atoms. The smallest absolute Gasteiger partial charge is 0.247 e. The van der Waals surface area contributed by atoms with Crippen LogP contribution in [0.2, 0.25) is 5.02 Å². The van der Waals surface area contributed by atoms with Gasteiger partial charge in [0, 0.05) is 23.8 Å². The van der Waals surface area contributed by atoms with E-state index in [4.69, 9.17) is 11.6 Å². The highest BCUT2D eigenvalue weighted by Crippen LogP contribution is 2.36. The molecule has 4 nitrogen and oxygen atoms in total. The molecule has 1 amide bonds. The van der Waals surface area contributed by atoms with Gasteiger partial charge in [-0.05, 0) is 56.6 Å². The van der Waals surface area contributed by atoms with Gasteiger partial charge in [-0.1, -0.05) is 11.6 Å². The number of nitrogens with zero attached hydrogens (tertiary/aromatic N) is 1. The van der Waals surface area contributed by atoms with Gasteiger partial charge in [-0.15, -0.1) is 0 Å². The Kier molecular flexibility index (Phi) is 3.48. The van der Waals surface area contributed by atoms with Crippen LogP contribution in [0.5, 0.6) is 0 Å². The standard InChI is InChI=1S/C15H20ClN3O/c1-10-12-9-11(16)3-4-13(12)19(2)14(20)15(18-10)5-7-17-8-6-15/h3-4,9-10,17-18H,5-8H2,1-2H3. The predicted molar refractivity (Wildman–Crippen MR) is 81.2 cm³/mol. The van der Waals surface area contributed by atoms with E-state index >= 15 is 0 Å². The number of carbonyl (C=O) groups is 1. The Balaban J connectivity index is 2.06. The van der Waals surface area contributed by atoms with Crippen molar-refractivity contribution in [3.63, 3.8) is 0 Å². The number of rotatable bonds is 0. The lowest BCUT2D eigenvalue weighted by molar-refractivity contribution is -0.125. The highest BCUT2D eigenvalue weighted by atomic mass is 35.5. The molecule has 5 heteroatoms. The second-order valence-electron chi connectivity index (χ2n) is 5.77. The van der Waals surface area contributed by atoms with Crippen LogP contribution in [0.4, 0.5) is 5.69 Å². The van der Waals surface area contributed by atoms with E-state index in [1.54, 1.807) is 4.90 Å². The number of hydrogen-bond acceptors (Lipinski definition) is 3. The number of piperidine rings is 1. The molecule has 0 saturated carbocycles. The quantitative estimate of drug-likeness (QED) is 0.770. The van der Waals surface area contributed by atoms with Gasteiger partial charge in [-0.25, -0.2) is 0 Å². The van der Waals surface area contributed by atoms with Gasteiger partial charge in [0.05, 0.1) is 0 Å². The fourth-order valence-electron chi connectivity index (χ4n) is 3.37. The molecule has 20 heavy (non-hydrogen) atoms. The molecule has 2 heterocycles. The summed E-state index contributed by atoms with van der Waals surface area (Å²) in [6.45, 7) is 3.85. The number of benzene rings is 1. The molecule has 0 radical (unpaired) electrons. The van der Waals surface area contributed by atoms with Crippen molar-refractivity contribution in [2.24, 2.45) is 0 Å². The molecule has 0 aromatic heterocycles. The largest absolute Gasteiger partial charge is 0.317 e.